The molecule has 3 rings (SSSR count). The van der Waals surface area contributed by atoms with E-state index >= 15 is 0 Å². The molecule has 0 bridgehead atoms. The zero-order chi connectivity index (χ0) is 25.9. The summed E-state index contributed by atoms with van der Waals surface area (Å²) in [7, 11) is 4.69. The number of hydrogen-bond donors (Lipinski definition) is 0. The lowest BCUT2D eigenvalue weighted by atomic mass is 10.1. The molecule has 7 nitrogen and oxygen atoms in total. The molecule has 0 saturated heterocycles. The number of rotatable bonds is 13. The molecule has 2 aromatic carbocycles. The van der Waals surface area contributed by atoms with E-state index in [1.54, 1.807) is 30.5 Å². The number of nitrogens with zero attached hydrogens (tertiary/aromatic N) is 2. The number of carbonyl (C=O) groups excluding carboxylic acids is 2. The van der Waals surface area contributed by atoms with Crippen LogP contribution in [0, 0.1) is 5.82 Å². The topological polar surface area (TPSA) is 68.3 Å². The van der Waals surface area contributed by atoms with Crippen molar-refractivity contribution in [2.45, 2.75) is 13.0 Å². The second-order valence-corrected chi connectivity index (χ2v) is 9.10. The highest BCUT2D eigenvalue weighted by molar-refractivity contribution is 7.09. The van der Waals surface area contributed by atoms with Gasteiger partial charge in [0.25, 0.3) is 5.91 Å². The molecule has 0 aliphatic carbocycles. The van der Waals surface area contributed by atoms with Gasteiger partial charge in [-0.05, 0) is 53.8 Å². The highest BCUT2D eigenvalue weighted by Gasteiger charge is 2.23. The zero-order valence-corrected chi connectivity index (χ0v) is 21.6. The fraction of sp³-hybridized carbons (Fsp3) is 0.333. The Kier molecular flexibility index (Phi) is 10.3. The average molecular weight is 515 g/mol. The first-order valence-corrected chi connectivity index (χ1v) is 12.4. The van der Waals surface area contributed by atoms with Gasteiger partial charge in [0.15, 0.2) is 11.5 Å². The third-order valence-corrected chi connectivity index (χ3v) is 6.51. The Morgan fingerprint density at radius 3 is 2.39 bits per heavy atom. The normalized spacial score (nSPS) is 10.7. The van der Waals surface area contributed by atoms with E-state index in [2.05, 4.69) is 0 Å². The van der Waals surface area contributed by atoms with E-state index in [1.807, 2.05) is 35.7 Å². The Labute approximate surface area is 215 Å². The summed E-state index contributed by atoms with van der Waals surface area (Å²) in [5, 5.41) is 1.96. The maximum absolute atomic E-state index is 13.7. The molecule has 0 aliphatic rings. The Morgan fingerprint density at radius 2 is 1.72 bits per heavy atom. The van der Waals surface area contributed by atoms with Crippen LogP contribution in [0.25, 0.3) is 0 Å². The van der Waals surface area contributed by atoms with E-state index in [1.165, 1.54) is 36.3 Å². The quantitative estimate of drug-likeness (QED) is 0.341. The minimum absolute atomic E-state index is 0.143. The van der Waals surface area contributed by atoms with Crippen LogP contribution in [0.3, 0.4) is 0 Å². The van der Waals surface area contributed by atoms with E-state index in [-0.39, 0.29) is 31.2 Å². The van der Waals surface area contributed by atoms with Gasteiger partial charge < -0.3 is 24.0 Å². The number of carbonyl (C=O) groups is 2. The molecule has 0 spiro atoms. The number of methoxy groups -OCH3 is 3. The molecule has 3 aromatic rings. The average Bonchev–Trinajstić information content (AvgIpc) is 3.41. The van der Waals surface area contributed by atoms with Gasteiger partial charge in [0.2, 0.25) is 5.91 Å². The Balaban J connectivity index is 1.77. The van der Waals surface area contributed by atoms with E-state index in [9.17, 15) is 14.0 Å². The monoisotopic (exact) mass is 514 g/mol. The van der Waals surface area contributed by atoms with E-state index in [4.69, 9.17) is 14.2 Å². The summed E-state index contributed by atoms with van der Waals surface area (Å²) >= 11 is 1.57. The first-order chi connectivity index (χ1) is 17.4. The fourth-order valence-electron chi connectivity index (χ4n) is 3.70. The highest BCUT2D eigenvalue weighted by Crippen LogP contribution is 2.28. The molecule has 1 aromatic heterocycles. The van der Waals surface area contributed by atoms with E-state index < -0.39 is 11.7 Å². The van der Waals surface area contributed by atoms with Crippen molar-refractivity contribution in [3.63, 3.8) is 0 Å². The van der Waals surface area contributed by atoms with Crippen molar-refractivity contribution < 1.29 is 28.2 Å². The molecule has 1 heterocycles. The van der Waals surface area contributed by atoms with Crippen molar-refractivity contribution in [1.82, 2.24) is 9.80 Å². The molecule has 192 valence electrons. The maximum atomic E-state index is 13.7. The first-order valence-electron chi connectivity index (χ1n) is 11.5. The van der Waals surface area contributed by atoms with Crippen LogP contribution in [0.5, 0.6) is 11.5 Å². The number of hydrogen-bond acceptors (Lipinski definition) is 6. The van der Waals surface area contributed by atoms with Crippen LogP contribution in [0.4, 0.5) is 4.39 Å². The van der Waals surface area contributed by atoms with Gasteiger partial charge in [-0.1, -0.05) is 18.2 Å². The van der Waals surface area contributed by atoms with Crippen LogP contribution in [0.2, 0.25) is 0 Å². The zero-order valence-electron chi connectivity index (χ0n) is 20.7. The molecule has 0 unspecified atom stereocenters. The van der Waals surface area contributed by atoms with Crippen LogP contribution >= 0.6 is 11.3 Å². The SMILES string of the molecule is COCCN(CC(=O)N(CCc1ccc(OC)c(OC)c1)Cc1cccs1)C(=O)c1cccc(F)c1. The lowest BCUT2D eigenvalue weighted by Gasteiger charge is -2.27. The Bertz CT molecular complexity index is 1140. The number of halogens is 1. The molecule has 36 heavy (non-hydrogen) atoms. The molecular formula is C27H31FN2O5S. The van der Waals surface area contributed by atoms with Crippen LogP contribution in [0.15, 0.2) is 60.0 Å². The van der Waals surface area contributed by atoms with Crippen molar-refractivity contribution in [3.8, 4) is 11.5 Å². The maximum Gasteiger partial charge on any atom is 0.254 e. The molecule has 0 fully saturated rings. The van der Waals surface area contributed by atoms with Gasteiger partial charge in [0.1, 0.15) is 12.4 Å². The molecule has 0 atom stereocenters. The number of ether oxygens (including phenoxy) is 3. The second kappa shape index (κ2) is 13.6. The van der Waals surface area contributed by atoms with Gasteiger partial charge in [-0.3, -0.25) is 9.59 Å². The van der Waals surface area contributed by atoms with Crippen molar-refractivity contribution in [1.29, 1.82) is 0 Å². The Hall–Kier alpha value is -3.43. The van der Waals surface area contributed by atoms with E-state index in [0.29, 0.717) is 31.0 Å². The largest absolute Gasteiger partial charge is 0.493 e. The Morgan fingerprint density at radius 1 is 0.917 bits per heavy atom. The van der Waals surface area contributed by atoms with Crippen molar-refractivity contribution in [2.24, 2.45) is 0 Å². The number of amides is 2. The molecule has 0 saturated carbocycles. The lowest BCUT2D eigenvalue weighted by Crippen LogP contribution is -2.44. The molecule has 0 N–H and O–H groups in total. The minimum atomic E-state index is -0.506. The van der Waals surface area contributed by atoms with Gasteiger partial charge in [-0.25, -0.2) is 4.39 Å². The van der Waals surface area contributed by atoms with Crippen LogP contribution in [-0.2, 0) is 22.5 Å². The summed E-state index contributed by atoms with van der Waals surface area (Å²) < 4.78 is 29.6. The molecular weight excluding hydrogens is 483 g/mol. The molecule has 0 radical (unpaired) electrons. The predicted molar refractivity (Wildman–Crippen MR) is 137 cm³/mol. The van der Waals surface area contributed by atoms with E-state index in [0.717, 1.165) is 10.4 Å². The van der Waals surface area contributed by atoms with Crippen LogP contribution in [0.1, 0.15) is 20.8 Å². The first kappa shape index (κ1) is 27.2. The van der Waals surface area contributed by atoms with Gasteiger partial charge in [0.05, 0.1) is 27.4 Å². The predicted octanol–water partition coefficient (Wildman–Crippen LogP) is 4.26. The van der Waals surface area contributed by atoms with Crippen LogP contribution < -0.4 is 9.47 Å². The van der Waals surface area contributed by atoms with Crippen molar-refractivity contribution in [3.05, 3.63) is 81.8 Å². The standard InChI is InChI=1S/C27H31FN2O5S/c1-33-14-13-30(27(32)21-6-4-7-22(28)17-21)19-26(31)29(18-23-8-5-15-36-23)12-11-20-9-10-24(34-2)25(16-20)35-3/h4-10,15-17H,11-14,18-19H2,1-3H3. The van der Waals surface area contributed by atoms with Gasteiger partial charge >= 0.3 is 0 Å². The summed E-state index contributed by atoms with van der Waals surface area (Å²) in [5.41, 5.74) is 1.18. The lowest BCUT2D eigenvalue weighted by molar-refractivity contribution is -0.132. The highest BCUT2D eigenvalue weighted by atomic mass is 32.1. The van der Waals surface area contributed by atoms with Crippen molar-refractivity contribution >= 4 is 23.2 Å². The smallest absolute Gasteiger partial charge is 0.254 e. The summed E-state index contributed by atoms with van der Waals surface area (Å²) in [5.74, 6) is 0.128. The third kappa shape index (κ3) is 7.53. The van der Waals surface area contributed by atoms with Gasteiger partial charge in [0, 0.05) is 30.6 Å². The van der Waals surface area contributed by atoms with Gasteiger partial charge in [-0.15, -0.1) is 11.3 Å². The van der Waals surface area contributed by atoms with Gasteiger partial charge in [-0.2, -0.15) is 0 Å². The second-order valence-electron chi connectivity index (χ2n) is 8.06. The molecule has 9 heteroatoms. The summed E-state index contributed by atoms with van der Waals surface area (Å²) in [6, 6.07) is 15.0. The summed E-state index contributed by atoms with van der Waals surface area (Å²) in [4.78, 5) is 30.7. The van der Waals surface area contributed by atoms with Crippen LogP contribution in [-0.4, -0.2) is 69.2 Å². The molecule has 0 aliphatic heterocycles. The number of thiophene rings is 1. The number of benzene rings is 2. The third-order valence-electron chi connectivity index (χ3n) is 5.65. The molecule has 2 amide bonds. The fourth-order valence-corrected chi connectivity index (χ4v) is 4.42. The van der Waals surface area contributed by atoms with Crippen molar-refractivity contribution in [2.75, 3.05) is 47.6 Å². The summed E-state index contributed by atoms with van der Waals surface area (Å²) in [6.45, 7) is 1.19. The minimum Gasteiger partial charge on any atom is -0.493 e. The summed E-state index contributed by atoms with van der Waals surface area (Å²) in [6.07, 6.45) is 0.591.